The maximum Gasteiger partial charge on any atom is 0.264 e. The van der Waals surface area contributed by atoms with Crippen molar-refractivity contribution in [2.75, 3.05) is 24.3 Å². The van der Waals surface area contributed by atoms with Crippen LogP contribution in [0.25, 0.3) is 0 Å². The lowest BCUT2D eigenvalue weighted by Gasteiger charge is -2.31. The summed E-state index contributed by atoms with van der Waals surface area (Å²) in [4.78, 5) is 2.25. The van der Waals surface area contributed by atoms with Crippen LogP contribution in [-0.2, 0) is 15.5 Å². The van der Waals surface area contributed by atoms with E-state index in [2.05, 4.69) is 42.7 Å². The van der Waals surface area contributed by atoms with Gasteiger partial charge in [0.15, 0.2) is 6.72 Å². The van der Waals surface area contributed by atoms with Crippen molar-refractivity contribution in [3.63, 3.8) is 0 Å². The maximum atomic E-state index is 11.0. The van der Waals surface area contributed by atoms with Crippen LogP contribution < -0.4 is 9.64 Å². The molecule has 8 heteroatoms. The van der Waals surface area contributed by atoms with E-state index < -0.39 is 10.1 Å². The van der Waals surface area contributed by atoms with Gasteiger partial charge in [-0.05, 0) is 41.7 Å². The molecule has 1 unspecified atom stereocenters. The van der Waals surface area contributed by atoms with Gasteiger partial charge in [0.05, 0.1) is 25.1 Å². The molecule has 0 radical (unpaired) electrons. The van der Waals surface area contributed by atoms with Crippen LogP contribution in [0, 0.1) is 0 Å². The SMILES string of the molecule is C=[N+](N=CC1N(CCCCS(=O)(=O)O)c2ccccc2C1(C)C)c1ccc(OC)cc1. The largest absolute Gasteiger partial charge is 0.497 e. The summed E-state index contributed by atoms with van der Waals surface area (Å²) in [5.41, 5.74) is 2.99. The number of fused-ring (bicyclic) bond motifs is 1. The van der Waals surface area contributed by atoms with Crippen molar-refractivity contribution < 1.29 is 22.4 Å². The normalized spacial score (nSPS) is 17.7. The molecule has 0 fully saturated rings. The molecule has 0 aromatic heterocycles. The maximum absolute atomic E-state index is 11.0. The number of methoxy groups -OCH3 is 1. The summed E-state index contributed by atoms with van der Waals surface area (Å²) in [5.74, 6) is 0.541. The smallest absolute Gasteiger partial charge is 0.264 e. The first-order valence-electron chi connectivity index (χ1n) is 10.2. The van der Waals surface area contributed by atoms with E-state index in [1.165, 1.54) is 5.56 Å². The van der Waals surface area contributed by atoms with E-state index in [1.807, 2.05) is 42.6 Å². The third-order valence-electron chi connectivity index (χ3n) is 5.75. The van der Waals surface area contributed by atoms with Gasteiger partial charge in [-0.1, -0.05) is 36.7 Å². The summed E-state index contributed by atoms with van der Waals surface area (Å²) in [6, 6.07) is 15.7. The predicted molar refractivity (Wildman–Crippen MR) is 125 cm³/mol. The van der Waals surface area contributed by atoms with Crippen molar-refractivity contribution >= 4 is 34.4 Å². The third-order valence-corrected chi connectivity index (χ3v) is 6.56. The van der Waals surface area contributed by atoms with Crippen LogP contribution in [0.5, 0.6) is 5.75 Å². The van der Waals surface area contributed by atoms with E-state index in [-0.39, 0.29) is 17.2 Å². The molecule has 1 atom stereocenters. The second-order valence-corrected chi connectivity index (χ2v) is 9.80. The van der Waals surface area contributed by atoms with Crippen molar-refractivity contribution in [1.82, 2.24) is 0 Å². The molecule has 0 aliphatic carbocycles. The van der Waals surface area contributed by atoms with Crippen LogP contribution in [0.1, 0.15) is 32.3 Å². The molecule has 166 valence electrons. The Bertz CT molecular complexity index is 1060. The first kappa shape index (κ1) is 23.0. The van der Waals surface area contributed by atoms with Crippen molar-refractivity contribution in [2.24, 2.45) is 5.10 Å². The average molecular weight is 445 g/mol. The van der Waals surface area contributed by atoms with Crippen LogP contribution in [0.4, 0.5) is 11.4 Å². The Morgan fingerprint density at radius 1 is 1.19 bits per heavy atom. The highest BCUT2D eigenvalue weighted by Gasteiger charge is 2.43. The molecule has 2 aromatic rings. The summed E-state index contributed by atoms with van der Waals surface area (Å²) >= 11 is 0. The van der Waals surface area contributed by atoms with E-state index in [4.69, 9.17) is 9.29 Å². The number of hydrogen-bond acceptors (Lipinski definition) is 5. The highest BCUT2D eigenvalue weighted by Crippen LogP contribution is 2.44. The number of ether oxygens (including phenoxy) is 1. The second-order valence-electron chi connectivity index (χ2n) is 8.23. The summed E-state index contributed by atoms with van der Waals surface area (Å²) < 4.78 is 37.9. The number of rotatable bonds is 9. The van der Waals surface area contributed by atoms with Gasteiger partial charge in [-0.3, -0.25) is 4.55 Å². The fourth-order valence-electron chi connectivity index (χ4n) is 4.03. The molecule has 1 heterocycles. The number of para-hydroxylation sites is 1. The van der Waals surface area contributed by atoms with Gasteiger partial charge in [0.2, 0.25) is 5.69 Å². The zero-order valence-electron chi connectivity index (χ0n) is 18.2. The van der Waals surface area contributed by atoms with Crippen LogP contribution in [0.2, 0.25) is 0 Å². The molecule has 31 heavy (non-hydrogen) atoms. The van der Waals surface area contributed by atoms with E-state index in [0.29, 0.717) is 19.4 Å². The Kier molecular flexibility index (Phi) is 6.81. The fraction of sp³-hybridized carbons (Fsp3) is 0.391. The number of hydrogen-bond donors (Lipinski definition) is 1. The van der Waals surface area contributed by atoms with Crippen molar-refractivity contribution in [1.29, 1.82) is 0 Å². The quantitative estimate of drug-likeness (QED) is 0.209. The second kappa shape index (κ2) is 9.20. The summed E-state index contributed by atoms with van der Waals surface area (Å²) in [5, 5.41) is 4.61. The molecular formula is C23H30N3O4S+. The van der Waals surface area contributed by atoms with Gasteiger partial charge in [0, 0.05) is 29.8 Å². The molecule has 1 aliphatic heterocycles. The van der Waals surface area contributed by atoms with Crippen LogP contribution >= 0.6 is 0 Å². The van der Waals surface area contributed by atoms with E-state index in [0.717, 1.165) is 17.1 Å². The summed E-state index contributed by atoms with van der Waals surface area (Å²) in [6.07, 6.45) is 2.94. The Hall–Kier alpha value is -2.71. The Balaban J connectivity index is 1.81. The van der Waals surface area contributed by atoms with Gasteiger partial charge >= 0.3 is 0 Å². The minimum atomic E-state index is -3.94. The molecule has 0 saturated heterocycles. The lowest BCUT2D eigenvalue weighted by atomic mass is 9.81. The molecule has 0 amide bonds. The van der Waals surface area contributed by atoms with Crippen molar-refractivity contribution in [2.45, 2.75) is 38.1 Å². The highest BCUT2D eigenvalue weighted by atomic mass is 32.2. The number of hydrazone groups is 1. The van der Waals surface area contributed by atoms with E-state index >= 15 is 0 Å². The van der Waals surface area contributed by atoms with Gasteiger partial charge in [0.1, 0.15) is 5.75 Å². The zero-order chi connectivity index (χ0) is 22.6. The topological polar surface area (TPSA) is 82.2 Å². The Morgan fingerprint density at radius 3 is 2.52 bits per heavy atom. The van der Waals surface area contributed by atoms with Crippen LogP contribution in [0.15, 0.2) is 53.6 Å². The molecule has 0 saturated carbocycles. The fourth-order valence-corrected chi connectivity index (χ4v) is 4.59. The molecule has 0 spiro atoms. The number of unbranched alkanes of at least 4 members (excludes halogenated alkanes) is 1. The first-order valence-corrected chi connectivity index (χ1v) is 11.8. The Labute approximate surface area is 184 Å². The third kappa shape index (κ3) is 5.32. The molecule has 2 aromatic carbocycles. The Morgan fingerprint density at radius 2 is 1.87 bits per heavy atom. The monoisotopic (exact) mass is 444 g/mol. The van der Waals surface area contributed by atoms with Crippen LogP contribution in [0.3, 0.4) is 0 Å². The molecule has 0 bridgehead atoms. The number of benzene rings is 2. The summed E-state index contributed by atoms with van der Waals surface area (Å²) in [7, 11) is -2.32. The molecule has 7 nitrogen and oxygen atoms in total. The lowest BCUT2D eigenvalue weighted by Crippen LogP contribution is -2.43. The van der Waals surface area contributed by atoms with Crippen LogP contribution in [-0.4, -0.2) is 56.0 Å². The molecule has 1 aliphatic rings. The molecule has 1 N–H and O–H groups in total. The standard InChI is InChI=1S/C23H29N3O4S/c1-23(2)20-9-5-6-10-21(20)26(15-7-8-16-31(27,28)29)22(23)17-24-25(3)18-11-13-19(30-4)14-12-18/h5-6,9-14,17,22H,3,7-8,15-16H2,1-2,4H3/p+1. The van der Waals surface area contributed by atoms with Gasteiger partial charge in [0.25, 0.3) is 10.1 Å². The minimum Gasteiger partial charge on any atom is -0.497 e. The van der Waals surface area contributed by atoms with E-state index in [9.17, 15) is 8.42 Å². The van der Waals surface area contributed by atoms with Gasteiger partial charge in [-0.2, -0.15) is 8.42 Å². The van der Waals surface area contributed by atoms with Gasteiger partial charge in [-0.25, -0.2) is 0 Å². The van der Waals surface area contributed by atoms with Gasteiger partial charge in [-0.15, -0.1) is 0 Å². The van der Waals surface area contributed by atoms with Crippen molar-refractivity contribution in [3.05, 3.63) is 54.1 Å². The van der Waals surface area contributed by atoms with E-state index in [1.54, 1.807) is 11.8 Å². The first-order chi connectivity index (χ1) is 14.6. The zero-order valence-corrected chi connectivity index (χ0v) is 19.0. The lowest BCUT2D eigenvalue weighted by molar-refractivity contribution is -0.435. The van der Waals surface area contributed by atoms with Gasteiger partial charge < -0.3 is 9.64 Å². The minimum absolute atomic E-state index is 0.0295. The average Bonchev–Trinajstić information content (AvgIpc) is 2.95. The number of anilines is 1. The molecular weight excluding hydrogens is 414 g/mol. The predicted octanol–water partition coefficient (Wildman–Crippen LogP) is 3.86. The molecule has 3 rings (SSSR count). The van der Waals surface area contributed by atoms with Crippen molar-refractivity contribution in [3.8, 4) is 5.75 Å². The number of nitrogens with zero attached hydrogens (tertiary/aromatic N) is 3. The summed E-state index contributed by atoms with van der Waals surface area (Å²) in [6.45, 7) is 9.05. The highest BCUT2D eigenvalue weighted by molar-refractivity contribution is 7.85.